The van der Waals surface area contributed by atoms with E-state index in [1.54, 1.807) is 0 Å². The number of anilines is 1. The number of aliphatic carboxylic acids is 1. The Hall–Kier alpha value is -4.17. The van der Waals surface area contributed by atoms with E-state index in [1.807, 2.05) is 0 Å². The number of fused-ring (bicyclic) bond motifs is 1. The fourth-order valence-corrected chi connectivity index (χ4v) is 4.99. The van der Waals surface area contributed by atoms with E-state index in [0.717, 1.165) is 28.2 Å². The highest BCUT2D eigenvalue weighted by molar-refractivity contribution is 8.00. The van der Waals surface area contributed by atoms with Gasteiger partial charge in [-0.25, -0.2) is 14.6 Å². The van der Waals surface area contributed by atoms with Gasteiger partial charge >= 0.3 is 18.2 Å². The highest BCUT2D eigenvalue weighted by atomic mass is 32.2. The minimum absolute atomic E-state index is 0.0238. The molecular weight excluding hydrogens is 540 g/mol. The summed E-state index contributed by atoms with van der Waals surface area (Å²) in [6.07, 6.45) is -3.51. The van der Waals surface area contributed by atoms with Gasteiger partial charge in [0.25, 0.3) is 11.8 Å². The van der Waals surface area contributed by atoms with E-state index in [4.69, 9.17) is 32.2 Å². The Bertz CT molecular complexity index is 1170. The first kappa shape index (κ1) is 27.4. The summed E-state index contributed by atoms with van der Waals surface area (Å²) in [6.45, 7) is -0.429. The summed E-state index contributed by atoms with van der Waals surface area (Å²) in [5, 5.41) is 21.8. The molecule has 1 aromatic heterocycles. The average Bonchev–Trinajstić information content (AvgIpc) is 3.24. The molecule has 10 N–H and O–H groups in total. The lowest BCUT2D eigenvalue weighted by Crippen LogP contribution is -2.71. The number of thioether (sulfide) groups is 1. The fraction of sp³-hybridized carbons (Fsp3) is 0.412. The van der Waals surface area contributed by atoms with Crippen LogP contribution in [0.15, 0.2) is 11.5 Å². The number of primary amides is 1. The minimum Gasteiger partial charge on any atom is -0.480 e. The lowest BCUT2D eigenvalue weighted by molar-refractivity contribution is -0.149. The predicted octanol–water partition coefficient (Wildman–Crippen LogP) is -2.52. The Kier molecular flexibility index (Phi) is 8.35. The molecule has 200 valence electrons. The van der Waals surface area contributed by atoms with E-state index in [9.17, 15) is 28.8 Å². The number of carbonyl (C=O) groups excluding carboxylic acids is 4. The maximum Gasteiger partial charge on any atom is 0.512 e. The van der Waals surface area contributed by atoms with Crippen LogP contribution in [0.2, 0.25) is 0 Å². The van der Waals surface area contributed by atoms with Gasteiger partial charge in [-0.05, 0) is 0 Å². The normalized spacial score (nSPS) is 20.1. The third-order valence-electron chi connectivity index (χ3n) is 4.87. The second-order valence-corrected chi connectivity index (χ2v) is 9.31. The number of ether oxygens (including phenoxy) is 2. The molecule has 37 heavy (non-hydrogen) atoms. The largest absolute Gasteiger partial charge is 0.512 e. The van der Waals surface area contributed by atoms with Gasteiger partial charge in [0.2, 0.25) is 11.8 Å². The van der Waals surface area contributed by atoms with Crippen LogP contribution in [-0.2, 0) is 28.7 Å². The van der Waals surface area contributed by atoms with Crippen LogP contribution in [0.25, 0.3) is 0 Å². The second-order valence-electron chi connectivity index (χ2n) is 7.42. The zero-order valence-electron chi connectivity index (χ0n) is 18.5. The quantitative estimate of drug-likeness (QED) is 0.115. The van der Waals surface area contributed by atoms with Crippen LogP contribution < -0.4 is 27.8 Å². The molecule has 0 radical (unpaired) electrons. The highest BCUT2D eigenvalue weighted by Crippen LogP contribution is 2.41. The number of carboxylic acid groups (broad SMARTS) is 2. The number of β-lactam (4-membered cyclic amide) rings is 1. The van der Waals surface area contributed by atoms with Crippen LogP contribution in [0.1, 0.15) is 18.3 Å². The van der Waals surface area contributed by atoms with Crippen LogP contribution in [0, 0.1) is 0 Å². The first-order valence-electron chi connectivity index (χ1n) is 10.1. The van der Waals surface area contributed by atoms with Gasteiger partial charge in [-0.3, -0.25) is 24.1 Å². The zero-order chi connectivity index (χ0) is 27.4. The number of nitrogens with zero attached hydrogens (tertiary/aromatic N) is 3. The predicted molar refractivity (Wildman–Crippen MR) is 122 cm³/mol. The zero-order valence-corrected chi connectivity index (χ0v) is 20.1. The van der Waals surface area contributed by atoms with Crippen LogP contribution in [0.4, 0.5) is 14.7 Å². The fourth-order valence-electron chi connectivity index (χ4n) is 3.22. The van der Waals surface area contributed by atoms with Crippen molar-refractivity contribution in [3.8, 4) is 0 Å². The van der Waals surface area contributed by atoms with E-state index >= 15 is 0 Å². The standard InChI is InChI=1S/C17H20N8O10S2/c18-5(14(29)30)1-6(26)21-7(9-23-15(19)37-24-9)10(27)22-8-11(28)25-12(35-17(32)33)4(2-34-16(20)31)3-36-13(8)25/h5,7-8,13H,1-3,18H2,(H2,20,31)(H,21,26)(H,22,27)(H,29,30)(H,32,33)(H2,19,23,24)/t5-,7+,8-,13+/m1/s1. The summed E-state index contributed by atoms with van der Waals surface area (Å²) < 4.78 is 13.3. The molecule has 2 aliphatic rings. The summed E-state index contributed by atoms with van der Waals surface area (Å²) >= 11 is 1.83. The van der Waals surface area contributed by atoms with Gasteiger partial charge in [0, 0.05) is 22.9 Å². The molecule has 18 nitrogen and oxygen atoms in total. The molecule has 1 saturated heterocycles. The molecule has 4 amide bonds. The Morgan fingerprint density at radius 3 is 2.51 bits per heavy atom. The second kappa shape index (κ2) is 11.3. The summed E-state index contributed by atoms with van der Waals surface area (Å²) in [4.78, 5) is 76.0. The van der Waals surface area contributed by atoms with Gasteiger partial charge in [-0.2, -0.15) is 4.37 Å². The number of nitrogens with one attached hydrogen (secondary N) is 2. The van der Waals surface area contributed by atoms with Crippen molar-refractivity contribution < 1.29 is 48.5 Å². The number of carboxylic acids is 1. The highest BCUT2D eigenvalue weighted by Gasteiger charge is 2.54. The summed E-state index contributed by atoms with van der Waals surface area (Å²) in [5.74, 6) is -4.56. The van der Waals surface area contributed by atoms with Gasteiger partial charge in [0.15, 0.2) is 17.0 Å². The number of amides is 4. The number of aromatic nitrogens is 2. The van der Waals surface area contributed by atoms with Crippen molar-refractivity contribution in [3.05, 3.63) is 17.3 Å². The average molecular weight is 561 g/mol. The van der Waals surface area contributed by atoms with Crippen LogP contribution >= 0.6 is 23.3 Å². The Labute approximate surface area is 214 Å². The molecule has 0 aromatic carbocycles. The SMILES string of the molecule is NC(=O)OCC1=C(OC(=O)O)N2C(=O)[C@@H](NC(=O)[C@@H](NC(=O)C[C@@H](N)C(=O)O)c3nsc(N)n3)[C@@H]2SC1. The van der Waals surface area contributed by atoms with E-state index < -0.39 is 72.5 Å². The van der Waals surface area contributed by atoms with Crippen molar-refractivity contribution in [3.63, 3.8) is 0 Å². The van der Waals surface area contributed by atoms with Gasteiger partial charge in [-0.15, -0.1) is 11.8 Å². The van der Waals surface area contributed by atoms with Crippen LogP contribution in [0.3, 0.4) is 0 Å². The number of carbonyl (C=O) groups is 6. The van der Waals surface area contributed by atoms with Gasteiger partial charge in [0.05, 0.1) is 6.42 Å². The lowest BCUT2D eigenvalue weighted by Gasteiger charge is -2.49. The monoisotopic (exact) mass is 560 g/mol. The van der Waals surface area contributed by atoms with Crippen LogP contribution in [0.5, 0.6) is 0 Å². The minimum atomic E-state index is -1.73. The van der Waals surface area contributed by atoms with Crippen molar-refractivity contribution in [2.45, 2.75) is 29.9 Å². The molecule has 0 spiro atoms. The molecule has 0 unspecified atom stereocenters. The van der Waals surface area contributed by atoms with E-state index in [0.29, 0.717) is 0 Å². The Morgan fingerprint density at radius 1 is 1.24 bits per heavy atom. The van der Waals surface area contributed by atoms with Gasteiger partial charge in [-0.1, -0.05) is 0 Å². The number of nitrogen functional groups attached to an aromatic ring is 1. The number of hydrogen-bond donors (Lipinski definition) is 7. The topological polar surface area (TPSA) is 292 Å². The molecule has 0 aliphatic carbocycles. The molecule has 0 saturated carbocycles. The van der Waals surface area contributed by atoms with Crippen molar-refractivity contribution in [2.24, 2.45) is 11.5 Å². The van der Waals surface area contributed by atoms with Crippen molar-refractivity contribution in [1.82, 2.24) is 24.9 Å². The van der Waals surface area contributed by atoms with Gasteiger partial charge < -0.3 is 47.5 Å². The molecular formula is C17H20N8O10S2. The third kappa shape index (κ3) is 6.34. The molecule has 4 atom stereocenters. The van der Waals surface area contributed by atoms with Crippen LogP contribution in [-0.4, -0.2) is 90.2 Å². The van der Waals surface area contributed by atoms with E-state index in [-0.39, 0.29) is 28.2 Å². The number of rotatable bonds is 10. The Morgan fingerprint density at radius 2 is 1.95 bits per heavy atom. The van der Waals surface area contributed by atoms with Gasteiger partial charge in [0.1, 0.15) is 24.1 Å². The molecule has 1 fully saturated rings. The van der Waals surface area contributed by atoms with Crippen molar-refractivity contribution >= 4 is 64.4 Å². The summed E-state index contributed by atoms with van der Waals surface area (Å²) in [5.41, 5.74) is 16.0. The maximum absolute atomic E-state index is 13.1. The van der Waals surface area contributed by atoms with E-state index in [2.05, 4.69) is 24.7 Å². The first-order valence-corrected chi connectivity index (χ1v) is 11.9. The maximum atomic E-state index is 13.1. The molecule has 3 rings (SSSR count). The van der Waals surface area contributed by atoms with Crippen molar-refractivity contribution in [1.29, 1.82) is 0 Å². The first-order chi connectivity index (χ1) is 17.4. The smallest absolute Gasteiger partial charge is 0.480 e. The Balaban J connectivity index is 1.76. The number of nitrogens with two attached hydrogens (primary N) is 3. The summed E-state index contributed by atoms with van der Waals surface area (Å²) in [6, 6.07) is -4.27. The molecule has 1 aromatic rings. The molecule has 20 heteroatoms. The molecule has 3 heterocycles. The van der Waals surface area contributed by atoms with Crippen molar-refractivity contribution in [2.75, 3.05) is 18.1 Å². The third-order valence-corrected chi connectivity index (χ3v) is 6.77. The number of hydrogen-bond acceptors (Lipinski definition) is 14. The summed E-state index contributed by atoms with van der Waals surface area (Å²) in [7, 11) is 0. The lowest BCUT2D eigenvalue weighted by atomic mass is 10.1. The molecule has 0 bridgehead atoms. The molecule has 2 aliphatic heterocycles. The van der Waals surface area contributed by atoms with E-state index in [1.165, 1.54) is 0 Å².